The molecule has 3 rings (SSSR count). The summed E-state index contributed by atoms with van der Waals surface area (Å²) in [6.45, 7) is 3.24. The molecule has 0 aromatic heterocycles. The van der Waals surface area contributed by atoms with Crippen molar-refractivity contribution in [3.63, 3.8) is 0 Å². The Morgan fingerprint density at radius 2 is 1.00 bits per heavy atom. The molecule has 0 unspecified atom stereocenters. The fourth-order valence-corrected chi connectivity index (χ4v) is 3.52. The van der Waals surface area contributed by atoms with Crippen molar-refractivity contribution >= 4 is 0 Å². The third kappa shape index (κ3) is 3.83. The highest BCUT2D eigenvalue weighted by Gasteiger charge is 2.35. The highest BCUT2D eigenvalue weighted by molar-refractivity contribution is 5.49. The van der Waals surface area contributed by atoms with E-state index in [4.69, 9.17) is 0 Å². The normalized spacial score (nSPS) is 11.4. The largest absolute Gasteiger partial charge is 0.300 e. The molecule has 0 spiro atoms. The second-order valence-corrected chi connectivity index (χ2v) is 6.48. The molecule has 0 aliphatic rings. The monoisotopic (exact) mass is 329 g/mol. The summed E-state index contributed by atoms with van der Waals surface area (Å²) in [4.78, 5) is 0. The lowest BCUT2D eigenvalue weighted by Crippen LogP contribution is -2.45. The predicted octanol–water partition coefficient (Wildman–Crippen LogP) is 5.76. The molecule has 1 N–H and O–H groups in total. The first-order chi connectivity index (χ1) is 12.4. The Hall–Kier alpha value is -2.38. The molecule has 25 heavy (non-hydrogen) atoms. The van der Waals surface area contributed by atoms with Crippen LogP contribution in [0.15, 0.2) is 91.0 Å². The molecule has 0 aliphatic carbocycles. The van der Waals surface area contributed by atoms with Crippen LogP contribution in [0.5, 0.6) is 0 Å². The van der Waals surface area contributed by atoms with E-state index in [0.29, 0.717) is 0 Å². The molecule has 1 heteroatoms. The quantitative estimate of drug-likeness (QED) is 0.409. The molecule has 0 bridgehead atoms. The molecule has 3 aromatic rings. The van der Waals surface area contributed by atoms with E-state index in [2.05, 4.69) is 103 Å². The number of nitrogens with one attached hydrogen (secondary N) is 1. The van der Waals surface area contributed by atoms with Crippen LogP contribution in [0.4, 0.5) is 0 Å². The first kappa shape index (κ1) is 17.4. The summed E-state index contributed by atoms with van der Waals surface area (Å²) in [6.07, 6.45) is 3.67. The predicted molar refractivity (Wildman–Crippen MR) is 107 cm³/mol. The van der Waals surface area contributed by atoms with Gasteiger partial charge in [-0.05, 0) is 29.7 Å². The van der Waals surface area contributed by atoms with Crippen molar-refractivity contribution in [2.24, 2.45) is 0 Å². The highest BCUT2D eigenvalue weighted by atomic mass is 15.0. The van der Waals surface area contributed by atoms with Crippen LogP contribution in [0.2, 0.25) is 0 Å². The van der Waals surface area contributed by atoms with Gasteiger partial charge in [0, 0.05) is 0 Å². The zero-order valence-electron chi connectivity index (χ0n) is 15.0. The van der Waals surface area contributed by atoms with Crippen LogP contribution in [-0.2, 0) is 5.54 Å². The van der Waals surface area contributed by atoms with E-state index in [-0.39, 0.29) is 5.54 Å². The van der Waals surface area contributed by atoms with Gasteiger partial charge in [0.15, 0.2) is 0 Å². The van der Waals surface area contributed by atoms with Gasteiger partial charge in [-0.3, -0.25) is 5.32 Å². The van der Waals surface area contributed by atoms with E-state index in [1.165, 1.54) is 36.0 Å². The van der Waals surface area contributed by atoms with E-state index < -0.39 is 0 Å². The summed E-state index contributed by atoms with van der Waals surface area (Å²) in [7, 11) is 0. The molecular formula is C24H27N. The number of rotatable bonds is 8. The van der Waals surface area contributed by atoms with Crippen molar-refractivity contribution in [1.29, 1.82) is 0 Å². The molecule has 0 amide bonds. The summed E-state index contributed by atoms with van der Waals surface area (Å²) >= 11 is 0. The Morgan fingerprint density at radius 1 is 0.600 bits per heavy atom. The van der Waals surface area contributed by atoms with Gasteiger partial charge in [-0.15, -0.1) is 0 Å². The number of hydrogen-bond donors (Lipinski definition) is 1. The maximum absolute atomic E-state index is 3.92. The van der Waals surface area contributed by atoms with Crippen LogP contribution in [0.3, 0.4) is 0 Å². The van der Waals surface area contributed by atoms with E-state index in [1.54, 1.807) is 0 Å². The average Bonchev–Trinajstić information content (AvgIpc) is 2.70. The van der Waals surface area contributed by atoms with E-state index in [1.807, 2.05) is 0 Å². The average molecular weight is 329 g/mol. The molecule has 0 heterocycles. The van der Waals surface area contributed by atoms with Crippen molar-refractivity contribution in [3.8, 4) is 0 Å². The Balaban J connectivity index is 2.13. The Labute approximate surface area is 151 Å². The Morgan fingerprint density at radius 3 is 1.36 bits per heavy atom. The summed E-state index contributed by atoms with van der Waals surface area (Å²) in [5.41, 5.74) is 3.52. The van der Waals surface area contributed by atoms with Crippen LogP contribution in [0.25, 0.3) is 0 Å². The van der Waals surface area contributed by atoms with Crippen molar-refractivity contribution < 1.29 is 0 Å². The van der Waals surface area contributed by atoms with Gasteiger partial charge in [-0.25, -0.2) is 0 Å². The molecule has 0 saturated heterocycles. The van der Waals surface area contributed by atoms with Gasteiger partial charge in [0.05, 0.1) is 5.54 Å². The van der Waals surface area contributed by atoms with Crippen molar-refractivity contribution in [1.82, 2.24) is 5.32 Å². The molecule has 3 aromatic carbocycles. The molecule has 0 fully saturated rings. The van der Waals surface area contributed by atoms with Gasteiger partial charge in [0.1, 0.15) is 0 Å². The van der Waals surface area contributed by atoms with Crippen LogP contribution in [-0.4, -0.2) is 6.54 Å². The molecular weight excluding hydrogens is 302 g/mol. The van der Waals surface area contributed by atoms with Crippen molar-refractivity contribution in [2.45, 2.75) is 31.7 Å². The Kier molecular flexibility index (Phi) is 6.03. The zero-order chi connectivity index (χ0) is 17.4. The smallest absolute Gasteiger partial charge is 0.0947 e. The highest BCUT2D eigenvalue weighted by Crippen LogP contribution is 2.36. The van der Waals surface area contributed by atoms with E-state index in [9.17, 15) is 0 Å². The summed E-state index contributed by atoms with van der Waals surface area (Å²) in [5.74, 6) is 0. The number of hydrogen-bond acceptors (Lipinski definition) is 1. The molecule has 0 atom stereocenters. The van der Waals surface area contributed by atoms with Gasteiger partial charge >= 0.3 is 0 Å². The lowest BCUT2D eigenvalue weighted by atomic mass is 9.77. The molecule has 1 nitrogen and oxygen atoms in total. The van der Waals surface area contributed by atoms with Gasteiger partial charge in [-0.1, -0.05) is 111 Å². The second-order valence-electron chi connectivity index (χ2n) is 6.48. The van der Waals surface area contributed by atoms with Gasteiger partial charge in [-0.2, -0.15) is 0 Å². The first-order valence-electron chi connectivity index (χ1n) is 9.29. The van der Waals surface area contributed by atoms with Crippen LogP contribution in [0.1, 0.15) is 42.9 Å². The maximum atomic E-state index is 3.92. The third-order valence-electron chi connectivity index (χ3n) is 4.79. The standard InChI is InChI=1S/C24H27N/c1-2-3-13-20-25-24(21-14-7-4-8-15-21,22-16-9-5-10-17-22)23-18-11-6-12-19-23/h4-12,14-19,25H,2-3,13,20H2,1H3. The molecule has 128 valence electrons. The van der Waals surface area contributed by atoms with Crippen molar-refractivity contribution in [2.75, 3.05) is 6.54 Å². The van der Waals surface area contributed by atoms with Gasteiger partial charge < -0.3 is 0 Å². The van der Waals surface area contributed by atoms with E-state index >= 15 is 0 Å². The second kappa shape index (κ2) is 8.64. The van der Waals surface area contributed by atoms with Crippen molar-refractivity contribution in [3.05, 3.63) is 108 Å². The maximum Gasteiger partial charge on any atom is 0.0947 e. The summed E-state index contributed by atoms with van der Waals surface area (Å²) in [5, 5.41) is 3.92. The number of unbranched alkanes of at least 4 members (excludes halogenated alkanes) is 2. The molecule has 0 saturated carbocycles. The van der Waals surface area contributed by atoms with Gasteiger partial charge in [0.2, 0.25) is 0 Å². The summed E-state index contributed by atoms with van der Waals surface area (Å²) in [6, 6.07) is 32.4. The minimum absolute atomic E-state index is 0.322. The topological polar surface area (TPSA) is 12.0 Å². The van der Waals surface area contributed by atoms with Crippen LogP contribution < -0.4 is 5.32 Å². The fourth-order valence-electron chi connectivity index (χ4n) is 3.52. The lowest BCUT2D eigenvalue weighted by molar-refractivity contribution is 0.459. The van der Waals surface area contributed by atoms with E-state index in [0.717, 1.165) is 6.54 Å². The zero-order valence-corrected chi connectivity index (χ0v) is 15.0. The first-order valence-corrected chi connectivity index (χ1v) is 9.29. The minimum atomic E-state index is -0.322. The minimum Gasteiger partial charge on any atom is -0.300 e. The lowest BCUT2D eigenvalue weighted by Gasteiger charge is -2.37. The van der Waals surface area contributed by atoms with Crippen LogP contribution in [0, 0.1) is 0 Å². The molecule has 0 aliphatic heterocycles. The number of benzene rings is 3. The fraction of sp³-hybridized carbons (Fsp3) is 0.250. The Bertz CT molecular complexity index is 638. The van der Waals surface area contributed by atoms with Crippen LogP contribution >= 0.6 is 0 Å². The third-order valence-corrected chi connectivity index (χ3v) is 4.79. The summed E-state index contributed by atoms with van der Waals surface area (Å²) < 4.78 is 0. The van der Waals surface area contributed by atoms with Gasteiger partial charge in [0.25, 0.3) is 0 Å². The SMILES string of the molecule is CCCCCNC(c1ccccc1)(c1ccccc1)c1ccccc1. The molecule has 0 radical (unpaired) electrons.